The summed E-state index contributed by atoms with van der Waals surface area (Å²) in [6.07, 6.45) is 1.53. The predicted molar refractivity (Wildman–Crippen MR) is 55.4 cm³/mol. The Morgan fingerprint density at radius 1 is 1.50 bits per heavy atom. The third-order valence-electron chi connectivity index (χ3n) is 2.12. The first-order valence-corrected chi connectivity index (χ1v) is 4.68. The summed E-state index contributed by atoms with van der Waals surface area (Å²) in [7, 11) is 0. The van der Waals surface area contributed by atoms with E-state index in [0.29, 0.717) is 5.56 Å². The average molecular weight is 193 g/mol. The van der Waals surface area contributed by atoms with Gasteiger partial charge in [0.1, 0.15) is 0 Å². The summed E-state index contributed by atoms with van der Waals surface area (Å²) in [6.45, 7) is 1.92. The van der Waals surface area contributed by atoms with E-state index in [1.807, 2.05) is 19.1 Å². The second-order valence-corrected chi connectivity index (χ2v) is 3.48. The third-order valence-corrected chi connectivity index (χ3v) is 2.12. The molecule has 0 heterocycles. The van der Waals surface area contributed by atoms with Crippen LogP contribution in [0.3, 0.4) is 0 Å². The van der Waals surface area contributed by atoms with Crippen LogP contribution in [0.5, 0.6) is 0 Å². The number of carboxylic acid groups (broad SMARTS) is 1. The van der Waals surface area contributed by atoms with Crippen LogP contribution in [0.4, 0.5) is 0 Å². The van der Waals surface area contributed by atoms with Crippen LogP contribution >= 0.6 is 0 Å². The van der Waals surface area contributed by atoms with Gasteiger partial charge in [-0.15, -0.1) is 0 Å². The molecule has 0 saturated heterocycles. The van der Waals surface area contributed by atoms with Gasteiger partial charge in [-0.2, -0.15) is 0 Å². The lowest BCUT2D eigenvalue weighted by Gasteiger charge is -2.07. The molecule has 1 aromatic rings. The molecule has 0 bridgehead atoms. The summed E-state index contributed by atoms with van der Waals surface area (Å²) >= 11 is 0. The molecule has 0 aliphatic carbocycles. The van der Waals surface area contributed by atoms with Gasteiger partial charge in [0.05, 0.1) is 5.56 Å². The molecular weight excluding hydrogens is 178 g/mol. The van der Waals surface area contributed by atoms with Gasteiger partial charge in [-0.05, 0) is 31.4 Å². The van der Waals surface area contributed by atoms with Crippen molar-refractivity contribution in [2.75, 3.05) is 0 Å². The van der Waals surface area contributed by atoms with Gasteiger partial charge in [0.15, 0.2) is 0 Å². The molecular formula is C11H15NO2. The van der Waals surface area contributed by atoms with Gasteiger partial charge in [-0.1, -0.05) is 18.2 Å². The molecule has 1 rings (SSSR count). The van der Waals surface area contributed by atoms with E-state index >= 15 is 0 Å². The molecule has 0 aromatic heterocycles. The summed E-state index contributed by atoms with van der Waals surface area (Å²) in [5.41, 5.74) is 6.86. The van der Waals surface area contributed by atoms with Crippen molar-refractivity contribution in [3.8, 4) is 0 Å². The summed E-state index contributed by atoms with van der Waals surface area (Å²) in [6, 6.07) is 7.16. The van der Waals surface area contributed by atoms with Crippen LogP contribution < -0.4 is 5.73 Å². The smallest absolute Gasteiger partial charge is 0.335 e. The Morgan fingerprint density at radius 3 is 2.71 bits per heavy atom. The average Bonchev–Trinajstić information content (AvgIpc) is 2.15. The fraction of sp³-hybridized carbons (Fsp3) is 0.364. The maximum atomic E-state index is 10.8. The predicted octanol–water partition coefficient (Wildman–Crippen LogP) is 1.66. The molecule has 0 aliphatic heterocycles. The van der Waals surface area contributed by atoms with Gasteiger partial charge in [0.25, 0.3) is 0 Å². The van der Waals surface area contributed by atoms with Gasteiger partial charge in [0, 0.05) is 6.04 Å². The lowest BCUT2D eigenvalue weighted by molar-refractivity contribution is 0.0695. The fourth-order valence-corrected chi connectivity index (χ4v) is 1.33. The van der Waals surface area contributed by atoms with Crippen LogP contribution in [0.1, 0.15) is 29.3 Å². The molecule has 0 aliphatic rings. The van der Waals surface area contributed by atoms with Crippen molar-refractivity contribution in [2.24, 2.45) is 5.73 Å². The lowest BCUT2D eigenvalue weighted by Crippen LogP contribution is -2.16. The molecule has 0 amide bonds. The number of benzene rings is 1. The monoisotopic (exact) mass is 193 g/mol. The number of aryl methyl sites for hydroxylation is 1. The molecule has 0 radical (unpaired) electrons. The molecule has 0 fully saturated rings. The number of carbonyl (C=O) groups is 1. The second kappa shape index (κ2) is 4.77. The molecule has 76 valence electrons. The summed E-state index contributed by atoms with van der Waals surface area (Å²) in [5, 5.41) is 8.90. The molecule has 1 atom stereocenters. The molecule has 0 spiro atoms. The van der Waals surface area contributed by atoms with E-state index in [9.17, 15) is 4.79 Å². The van der Waals surface area contributed by atoms with E-state index in [4.69, 9.17) is 10.8 Å². The van der Waals surface area contributed by atoms with Crippen molar-refractivity contribution in [3.63, 3.8) is 0 Å². The lowest BCUT2D eigenvalue weighted by atomic mass is 10.0. The largest absolute Gasteiger partial charge is 0.478 e. The highest BCUT2D eigenvalue weighted by atomic mass is 16.4. The van der Waals surface area contributed by atoms with Crippen LogP contribution in [0.2, 0.25) is 0 Å². The van der Waals surface area contributed by atoms with Crippen LogP contribution in [0, 0.1) is 0 Å². The van der Waals surface area contributed by atoms with Gasteiger partial charge < -0.3 is 10.8 Å². The standard InChI is InChI=1S/C11H15NO2/c1-8(12)6-7-9-4-2-3-5-10(9)11(13)14/h2-5,8H,6-7,12H2,1H3,(H,13,14). The van der Waals surface area contributed by atoms with Gasteiger partial charge in [-0.3, -0.25) is 0 Å². The Balaban J connectivity index is 2.79. The SMILES string of the molecule is CC(N)CCc1ccccc1C(=O)O. The van der Waals surface area contributed by atoms with Crippen LogP contribution in [-0.4, -0.2) is 17.1 Å². The summed E-state index contributed by atoms with van der Waals surface area (Å²) in [4.78, 5) is 10.8. The normalized spacial score (nSPS) is 12.4. The molecule has 3 heteroatoms. The molecule has 1 aromatic carbocycles. The first-order valence-electron chi connectivity index (χ1n) is 4.68. The van der Waals surface area contributed by atoms with E-state index in [-0.39, 0.29) is 6.04 Å². The first kappa shape index (κ1) is 10.7. The topological polar surface area (TPSA) is 63.3 Å². The number of rotatable bonds is 4. The molecule has 1 unspecified atom stereocenters. The number of hydrogen-bond donors (Lipinski definition) is 2. The maximum Gasteiger partial charge on any atom is 0.335 e. The minimum atomic E-state index is -0.870. The second-order valence-electron chi connectivity index (χ2n) is 3.48. The van der Waals surface area contributed by atoms with E-state index < -0.39 is 5.97 Å². The Morgan fingerprint density at radius 2 is 2.14 bits per heavy atom. The highest BCUT2D eigenvalue weighted by molar-refractivity contribution is 5.89. The van der Waals surface area contributed by atoms with E-state index in [1.54, 1.807) is 12.1 Å². The zero-order valence-corrected chi connectivity index (χ0v) is 8.23. The molecule has 14 heavy (non-hydrogen) atoms. The quantitative estimate of drug-likeness (QED) is 0.764. The number of hydrogen-bond acceptors (Lipinski definition) is 2. The van der Waals surface area contributed by atoms with Crippen molar-refractivity contribution in [1.29, 1.82) is 0 Å². The van der Waals surface area contributed by atoms with E-state index in [2.05, 4.69) is 0 Å². The van der Waals surface area contributed by atoms with E-state index in [1.165, 1.54) is 0 Å². The minimum Gasteiger partial charge on any atom is -0.478 e. The zero-order chi connectivity index (χ0) is 10.6. The van der Waals surface area contributed by atoms with Crippen LogP contribution in [0.15, 0.2) is 24.3 Å². The fourth-order valence-electron chi connectivity index (χ4n) is 1.33. The summed E-state index contributed by atoms with van der Waals surface area (Å²) < 4.78 is 0. The van der Waals surface area contributed by atoms with Gasteiger partial charge >= 0.3 is 5.97 Å². The van der Waals surface area contributed by atoms with Crippen molar-refractivity contribution in [3.05, 3.63) is 35.4 Å². The Hall–Kier alpha value is -1.35. The highest BCUT2D eigenvalue weighted by Crippen LogP contribution is 2.11. The highest BCUT2D eigenvalue weighted by Gasteiger charge is 2.08. The van der Waals surface area contributed by atoms with Crippen LogP contribution in [0.25, 0.3) is 0 Å². The van der Waals surface area contributed by atoms with Crippen molar-refractivity contribution in [2.45, 2.75) is 25.8 Å². The number of aromatic carboxylic acids is 1. The third kappa shape index (κ3) is 2.85. The van der Waals surface area contributed by atoms with Crippen molar-refractivity contribution < 1.29 is 9.90 Å². The molecule has 0 saturated carbocycles. The van der Waals surface area contributed by atoms with E-state index in [0.717, 1.165) is 18.4 Å². The number of carboxylic acids is 1. The Bertz CT molecular complexity index is 321. The van der Waals surface area contributed by atoms with Crippen molar-refractivity contribution in [1.82, 2.24) is 0 Å². The van der Waals surface area contributed by atoms with Crippen LogP contribution in [-0.2, 0) is 6.42 Å². The van der Waals surface area contributed by atoms with Gasteiger partial charge in [0.2, 0.25) is 0 Å². The minimum absolute atomic E-state index is 0.108. The molecule has 3 N–H and O–H groups in total. The van der Waals surface area contributed by atoms with Gasteiger partial charge in [-0.25, -0.2) is 4.79 Å². The number of nitrogens with two attached hydrogens (primary N) is 1. The maximum absolute atomic E-state index is 10.8. The van der Waals surface area contributed by atoms with Crippen molar-refractivity contribution >= 4 is 5.97 Å². The Kier molecular flexibility index (Phi) is 3.65. The molecule has 3 nitrogen and oxygen atoms in total. The zero-order valence-electron chi connectivity index (χ0n) is 8.23. The Labute approximate surface area is 83.6 Å². The first-order chi connectivity index (χ1) is 6.61. The summed E-state index contributed by atoms with van der Waals surface area (Å²) in [5.74, 6) is -0.870.